The Morgan fingerprint density at radius 1 is 0.603 bits per heavy atom. The second-order valence-corrected chi connectivity index (χ2v) is 17.9. The van der Waals surface area contributed by atoms with Crippen molar-refractivity contribution in [3.8, 4) is 28.0 Å². The molecule has 0 radical (unpaired) electrons. The van der Waals surface area contributed by atoms with Gasteiger partial charge >= 0.3 is 35.8 Å². The lowest BCUT2D eigenvalue weighted by atomic mass is 9.77. The van der Waals surface area contributed by atoms with E-state index in [1.807, 2.05) is 19.1 Å². The fourth-order valence-corrected chi connectivity index (χ4v) is 8.14. The molecule has 0 aliphatic heterocycles. The van der Waals surface area contributed by atoms with Gasteiger partial charge < -0.3 is 33.2 Å². The van der Waals surface area contributed by atoms with Crippen molar-refractivity contribution in [2.24, 2.45) is 11.3 Å². The van der Waals surface area contributed by atoms with Crippen molar-refractivity contribution in [1.82, 2.24) is 0 Å². The van der Waals surface area contributed by atoms with E-state index in [0.717, 1.165) is 53.5 Å². The van der Waals surface area contributed by atoms with Gasteiger partial charge in [-0.2, -0.15) is 0 Å². The van der Waals surface area contributed by atoms with Gasteiger partial charge in [0.05, 0.1) is 20.8 Å². The molecule has 368 valence electrons. The summed E-state index contributed by atoms with van der Waals surface area (Å²) in [6.07, 6.45) is 10.5. The maximum atomic E-state index is 12.8. The summed E-state index contributed by atoms with van der Waals surface area (Å²) in [7, 11) is 2.25. The zero-order valence-electron chi connectivity index (χ0n) is 40.9. The third-order valence-corrected chi connectivity index (χ3v) is 12.3. The van der Waals surface area contributed by atoms with Gasteiger partial charge in [0.1, 0.15) is 50.4 Å². The van der Waals surface area contributed by atoms with Gasteiger partial charge in [-0.1, -0.05) is 101 Å². The molecule has 0 atom stereocenters. The van der Waals surface area contributed by atoms with E-state index in [9.17, 15) is 28.8 Å². The van der Waals surface area contributed by atoms with Crippen LogP contribution in [0.25, 0.3) is 22.3 Å². The summed E-state index contributed by atoms with van der Waals surface area (Å²) in [6.45, 7) is 12.8. The second-order valence-electron chi connectivity index (χ2n) is 17.9. The monoisotopic (exact) mass is 938 g/mol. The summed E-state index contributed by atoms with van der Waals surface area (Å²) >= 11 is 0. The summed E-state index contributed by atoms with van der Waals surface area (Å²) in [5, 5.41) is 0. The predicted octanol–water partition coefficient (Wildman–Crippen LogP) is 10.2. The number of methoxy groups -OCH3 is 2. The first kappa shape index (κ1) is 54.4. The highest BCUT2D eigenvalue weighted by Crippen LogP contribution is 2.39. The van der Waals surface area contributed by atoms with Gasteiger partial charge in [-0.3, -0.25) is 19.2 Å². The quantitative estimate of drug-likeness (QED) is 0.0233. The van der Waals surface area contributed by atoms with Crippen molar-refractivity contribution in [2.75, 3.05) is 47.3 Å². The molecule has 1 fully saturated rings. The minimum Gasteiger partial charge on any atom is -0.492 e. The average Bonchev–Trinajstić information content (AvgIpc) is 3.34. The van der Waals surface area contributed by atoms with E-state index in [-0.39, 0.29) is 24.4 Å². The van der Waals surface area contributed by atoms with Crippen molar-refractivity contribution in [3.05, 3.63) is 102 Å². The highest BCUT2D eigenvalue weighted by atomic mass is 16.6. The van der Waals surface area contributed by atoms with Crippen molar-refractivity contribution in [2.45, 2.75) is 117 Å². The molecule has 0 spiro atoms. The lowest BCUT2D eigenvalue weighted by Gasteiger charge is -2.32. The highest BCUT2D eigenvalue weighted by molar-refractivity contribution is 5.92. The number of aryl methyl sites for hydroxylation is 2. The number of unbranched alkanes of at least 4 members (excludes halogenated alkanes) is 2. The first-order valence-electron chi connectivity index (χ1n) is 23.7. The molecule has 3 aromatic carbocycles. The van der Waals surface area contributed by atoms with Crippen molar-refractivity contribution >= 4 is 35.8 Å². The van der Waals surface area contributed by atoms with Crippen molar-refractivity contribution in [3.63, 3.8) is 0 Å². The van der Waals surface area contributed by atoms with Gasteiger partial charge in [0.2, 0.25) is 0 Å². The van der Waals surface area contributed by atoms with Crippen LogP contribution in [-0.2, 0) is 70.0 Å². The van der Waals surface area contributed by atoms with E-state index in [1.165, 1.54) is 63.9 Å². The Balaban J connectivity index is 1.65. The molecule has 68 heavy (non-hydrogen) atoms. The van der Waals surface area contributed by atoms with E-state index in [4.69, 9.17) is 23.7 Å². The minimum atomic E-state index is -1.57. The first-order valence-corrected chi connectivity index (χ1v) is 23.7. The zero-order valence-corrected chi connectivity index (χ0v) is 40.9. The van der Waals surface area contributed by atoms with Crippen LogP contribution < -0.4 is 4.74 Å². The summed E-state index contributed by atoms with van der Waals surface area (Å²) in [6, 6.07) is 21.4. The van der Waals surface area contributed by atoms with E-state index in [0.29, 0.717) is 30.9 Å². The lowest BCUT2D eigenvalue weighted by molar-refractivity contribution is -0.165. The van der Waals surface area contributed by atoms with Crippen LogP contribution in [0.15, 0.2) is 85.0 Å². The fourth-order valence-electron chi connectivity index (χ4n) is 8.14. The topological polar surface area (TPSA) is 167 Å². The Bertz CT molecular complexity index is 2160. The van der Waals surface area contributed by atoms with Crippen LogP contribution >= 0.6 is 0 Å². The van der Waals surface area contributed by atoms with Crippen LogP contribution in [0.3, 0.4) is 0 Å². The third kappa shape index (κ3) is 17.1. The Kier molecular flexibility index (Phi) is 22.0. The van der Waals surface area contributed by atoms with Gasteiger partial charge in [-0.05, 0) is 122 Å². The van der Waals surface area contributed by atoms with Crippen LogP contribution in [0.2, 0.25) is 0 Å². The number of ether oxygens (including phenoxy) is 7. The Hall–Kier alpha value is -6.24. The molecule has 3 aromatic rings. The molecule has 0 amide bonds. The molecule has 0 unspecified atom stereocenters. The van der Waals surface area contributed by atoms with Crippen LogP contribution in [0, 0.1) is 11.3 Å². The van der Waals surface area contributed by atoms with E-state index in [1.54, 1.807) is 6.92 Å². The molecule has 4 rings (SSSR count). The Morgan fingerprint density at radius 2 is 1.13 bits per heavy atom. The van der Waals surface area contributed by atoms with Crippen molar-refractivity contribution < 1.29 is 61.9 Å². The number of esters is 6. The Labute approximate surface area is 401 Å². The SMILES string of the molecule is C=C(C)C(=O)OCCCc1cc(-c2ccc(-c3ccc(C4CCC(CCCCC)CC4)cc3)cc2)c(CC)cc1OCC(COC(=O)CC(=O)OC)(COC(=O)CC(=O)OC)COC(=O)C(=C)C. The average molecular weight is 939 g/mol. The molecule has 0 heterocycles. The minimum absolute atomic E-state index is 0.0783. The van der Waals surface area contributed by atoms with Gasteiger partial charge in [-0.25, -0.2) is 9.59 Å². The molecule has 0 N–H and O–H groups in total. The largest absolute Gasteiger partial charge is 0.492 e. The van der Waals surface area contributed by atoms with Crippen LogP contribution in [0.1, 0.15) is 121 Å². The first-order chi connectivity index (χ1) is 32.6. The Morgan fingerprint density at radius 3 is 1.66 bits per heavy atom. The van der Waals surface area contributed by atoms with Crippen molar-refractivity contribution in [1.29, 1.82) is 0 Å². The molecule has 13 heteroatoms. The van der Waals surface area contributed by atoms with Gasteiger partial charge in [0.15, 0.2) is 0 Å². The summed E-state index contributed by atoms with van der Waals surface area (Å²) in [5.41, 5.74) is 6.09. The molecular formula is C55H70O13. The van der Waals surface area contributed by atoms with Crippen LogP contribution in [0.5, 0.6) is 5.75 Å². The van der Waals surface area contributed by atoms with Crippen LogP contribution in [-0.4, -0.2) is 83.1 Å². The predicted molar refractivity (Wildman–Crippen MR) is 259 cm³/mol. The molecule has 0 saturated heterocycles. The smallest absolute Gasteiger partial charge is 0.333 e. The van der Waals surface area contributed by atoms with E-state index in [2.05, 4.69) is 78.1 Å². The summed E-state index contributed by atoms with van der Waals surface area (Å²) in [5.74, 6) is -2.96. The number of benzene rings is 3. The number of carbonyl (C=O) groups is 6. The maximum absolute atomic E-state index is 12.8. The summed E-state index contributed by atoms with van der Waals surface area (Å²) < 4.78 is 37.7. The maximum Gasteiger partial charge on any atom is 0.333 e. The normalized spacial score (nSPS) is 14.5. The van der Waals surface area contributed by atoms with E-state index < -0.39 is 73.9 Å². The van der Waals surface area contributed by atoms with E-state index >= 15 is 0 Å². The highest BCUT2D eigenvalue weighted by Gasteiger charge is 2.38. The molecule has 13 nitrogen and oxygen atoms in total. The second kappa shape index (κ2) is 27.5. The van der Waals surface area contributed by atoms with Crippen LogP contribution in [0.4, 0.5) is 0 Å². The molecule has 0 bridgehead atoms. The molecular weight excluding hydrogens is 869 g/mol. The van der Waals surface area contributed by atoms with Gasteiger partial charge in [0.25, 0.3) is 0 Å². The number of hydrogen-bond donors (Lipinski definition) is 0. The number of carbonyl (C=O) groups excluding carboxylic acids is 6. The number of rotatable bonds is 27. The zero-order chi connectivity index (χ0) is 49.6. The molecule has 0 aromatic heterocycles. The number of hydrogen-bond acceptors (Lipinski definition) is 13. The third-order valence-electron chi connectivity index (χ3n) is 12.3. The molecule has 1 aliphatic rings. The fraction of sp³-hybridized carbons (Fsp3) is 0.491. The van der Waals surface area contributed by atoms with Gasteiger partial charge in [-0.15, -0.1) is 0 Å². The lowest BCUT2D eigenvalue weighted by Crippen LogP contribution is -2.44. The molecule has 1 aliphatic carbocycles. The van der Waals surface area contributed by atoms with Gasteiger partial charge in [0, 0.05) is 11.1 Å². The standard InChI is InChI=1S/C55H70O13/c1-9-11-12-14-39-16-18-41(19-17-39)42-20-22-43(23-21-42)44-24-26-45(27-25-44)47-29-46(15-13-28-64-53(60)37(3)4)48(30-40(47)10-2)65-33-55(36-68-54(61)38(5)6,34-66-51(58)31-49(56)62-7)35-67-52(59)32-50(57)63-8/h20-27,29-30,39,41H,3,5,9-19,28,31-36H2,1-2,4,6-8H3. The summed E-state index contributed by atoms with van der Waals surface area (Å²) in [4.78, 5) is 74.3. The molecule has 1 saturated carbocycles.